The van der Waals surface area contributed by atoms with Crippen LogP contribution in [0.4, 0.5) is 0 Å². The Balaban J connectivity index is 0. The zero-order chi connectivity index (χ0) is 7.82. The minimum Gasteiger partial charge on any atom is -0.466 e. The van der Waals surface area contributed by atoms with E-state index in [1.165, 1.54) is 0 Å². The van der Waals surface area contributed by atoms with Crippen LogP contribution in [0.5, 0.6) is 0 Å². The van der Waals surface area contributed by atoms with E-state index in [0.717, 1.165) is 19.3 Å². The number of hydrogen-bond acceptors (Lipinski definition) is 2. The summed E-state index contributed by atoms with van der Waals surface area (Å²) in [6.07, 6.45) is 3.83. The molecule has 0 saturated heterocycles. The molecule has 0 rings (SSSR count). The summed E-state index contributed by atoms with van der Waals surface area (Å²) in [5.74, 6) is -0.0593. The second kappa shape index (κ2) is 10.8. The molecule has 0 aromatic carbocycles. The Morgan fingerprint density at radius 2 is 1.91 bits per heavy atom. The number of rotatable bonds is 5. The molecule has 2 nitrogen and oxygen atoms in total. The molecule has 0 aromatic heterocycles. The van der Waals surface area contributed by atoms with Crippen LogP contribution in [0.1, 0.15) is 39.5 Å². The average Bonchev–Trinajstić information content (AvgIpc) is 1.89. The summed E-state index contributed by atoms with van der Waals surface area (Å²) in [5, 5.41) is 0. The Kier molecular flexibility index (Phi) is 14.2. The van der Waals surface area contributed by atoms with Crippen molar-refractivity contribution in [2.45, 2.75) is 39.5 Å². The monoisotopic (exact) mass is 284 g/mol. The molecule has 0 spiro atoms. The van der Waals surface area contributed by atoms with E-state index in [1.807, 2.05) is 6.92 Å². The Morgan fingerprint density at radius 3 is 2.36 bits per heavy atom. The molecular weight excluding hydrogens is 268 g/mol. The molecule has 0 aromatic rings. The number of ether oxygens (including phenoxy) is 1. The van der Waals surface area contributed by atoms with E-state index in [-0.39, 0.29) is 47.7 Å². The zero-order valence-corrected chi connectivity index (χ0v) is 10.5. The molecule has 61 valence electrons. The van der Waals surface area contributed by atoms with Crippen molar-refractivity contribution in [2.24, 2.45) is 0 Å². The fraction of sp³-hybridized carbons (Fsp3) is 0.875. The van der Waals surface area contributed by atoms with Crippen molar-refractivity contribution >= 4 is 5.97 Å². The van der Waals surface area contributed by atoms with Crippen molar-refractivity contribution in [3.8, 4) is 0 Å². The Morgan fingerprint density at radius 1 is 1.27 bits per heavy atom. The van der Waals surface area contributed by atoms with Gasteiger partial charge in [0.15, 0.2) is 0 Å². The van der Waals surface area contributed by atoms with Crippen LogP contribution >= 0.6 is 0 Å². The number of hydrogen-bond donors (Lipinski definition) is 0. The molecule has 0 aliphatic rings. The van der Waals surface area contributed by atoms with Crippen molar-refractivity contribution in [2.75, 3.05) is 6.61 Å². The van der Waals surface area contributed by atoms with Crippen molar-refractivity contribution in [1.82, 2.24) is 0 Å². The van der Waals surface area contributed by atoms with Crippen LogP contribution < -0.4 is 0 Å². The molecule has 0 heterocycles. The summed E-state index contributed by atoms with van der Waals surface area (Å²) in [6.45, 7) is 4.45. The van der Waals surface area contributed by atoms with Gasteiger partial charge in [0, 0.05) is 6.42 Å². The summed E-state index contributed by atoms with van der Waals surface area (Å²) in [4.78, 5) is 10.7. The van der Waals surface area contributed by atoms with Crippen LogP contribution in [0.15, 0.2) is 0 Å². The molecule has 0 bridgehead atoms. The Bertz CT molecular complexity index is 94.1. The first-order chi connectivity index (χ1) is 4.81. The number of carbonyl (C=O) groups excluding carboxylic acids is 1. The van der Waals surface area contributed by atoms with Gasteiger partial charge in [-0.05, 0) is 13.3 Å². The molecule has 0 amide bonds. The molecule has 0 fully saturated rings. The van der Waals surface area contributed by atoms with Gasteiger partial charge in [-0.15, -0.1) is 0 Å². The molecule has 0 N–H and O–H groups in total. The first-order valence-electron chi connectivity index (χ1n) is 3.96. The summed E-state index contributed by atoms with van der Waals surface area (Å²) < 4.78 is 4.75. The normalized spacial score (nSPS) is 8.55. The standard InChI is InChI=1S/C8H16O2.Ce/c1-3-5-6-7-8(9)10-4-2;/h3-7H2,1-2H3;/q;+3. The third-order valence-electron chi connectivity index (χ3n) is 1.29. The molecule has 0 unspecified atom stereocenters. The summed E-state index contributed by atoms with van der Waals surface area (Å²) in [7, 11) is 0. The van der Waals surface area contributed by atoms with E-state index in [9.17, 15) is 4.79 Å². The van der Waals surface area contributed by atoms with Gasteiger partial charge < -0.3 is 4.74 Å². The topological polar surface area (TPSA) is 26.3 Å². The SMILES string of the molecule is CCCCCC(=O)OCC.[Ce+3]. The largest absolute Gasteiger partial charge is 3.00 e. The van der Waals surface area contributed by atoms with Crippen molar-refractivity contribution in [3.05, 3.63) is 0 Å². The fourth-order valence-electron chi connectivity index (χ4n) is 0.752. The minimum atomic E-state index is -0.0593. The zero-order valence-electron chi connectivity index (χ0n) is 7.35. The van der Waals surface area contributed by atoms with Gasteiger partial charge in [-0.3, -0.25) is 4.79 Å². The number of unbranched alkanes of at least 4 members (excludes halogenated alkanes) is 2. The first-order valence-corrected chi connectivity index (χ1v) is 3.96. The van der Waals surface area contributed by atoms with Crippen molar-refractivity contribution in [3.63, 3.8) is 0 Å². The molecule has 3 heteroatoms. The van der Waals surface area contributed by atoms with Gasteiger partial charge in [0.05, 0.1) is 6.61 Å². The predicted octanol–water partition coefficient (Wildman–Crippen LogP) is 2.13. The van der Waals surface area contributed by atoms with Crippen LogP contribution in [0.3, 0.4) is 0 Å². The van der Waals surface area contributed by atoms with E-state index < -0.39 is 0 Å². The Labute approximate surface area is 102 Å². The van der Waals surface area contributed by atoms with Crippen molar-refractivity contribution < 1.29 is 51.3 Å². The van der Waals surface area contributed by atoms with Crippen LogP contribution in [0, 0.1) is 41.7 Å². The van der Waals surface area contributed by atoms with Gasteiger partial charge in [0.2, 0.25) is 0 Å². The smallest absolute Gasteiger partial charge is 0.466 e. The average molecular weight is 284 g/mol. The summed E-state index contributed by atoms with van der Waals surface area (Å²) in [5.41, 5.74) is 0. The van der Waals surface area contributed by atoms with Gasteiger partial charge in [-0.1, -0.05) is 19.8 Å². The summed E-state index contributed by atoms with van der Waals surface area (Å²) in [6, 6.07) is 0. The van der Waals surface area contributed by atoms with Crippen LogP contribution in [-0.2, 0) is 9.53 Å². The number of carbonyl (C=O) groups is 1. The number of esters is 1. The summed E-state index contributed by atoms with van der Waals surface area (Å²) >= 11 is 0. The van der Waals surface area contributed by atoms with E-state index in [0.29, 0.717) is 13.0 Å². The van der Waals surface area contributed by atoms with Gasteiger partial charge in [0.25, 0.3) is 0 Å². The maximum atomic E-state index is 10.7. The second-order valence-electron chi connectivity index (χ2n) is 2.26. The van der Waals surface area contributed by atoms with Crippen molar-refractivity contribution in [1.29, 1.82) is 0 Å². The van der Waals surface area contributed by atoms with E-state index >= 15 is 0 Å². The molecule has 0 aliphatic carbocycles. The van der Waals surface area contributed by atoms with Crippen LogP contribution in [-0.4, -0.2) is 12.6 Å². The molecule has 1 radical (unpaired) electrons. The maximum absolute atomic E-state index is 10.7. The molecule has 0 saturated carbocycles. The fourth-order valence-corrected chi connectivity index (χ4v) is 0.752. The van der Waals surface area contributed by atoms with Gasteiger partial charge in [-0.2, -0.15) is 0 Å². The molecule has 11 heavy (non-hydrogen) atoms. The van der Waals surface area contributed by atoms with E-state index in [2.05, 4.69) is 6.92 Å². The van der Waals surface area contributed by atoms with E-state index in [4.69, 9.17) is 4.74 Å². The van der Waals surface area contributed by atoms with Crippen LogP contribution in [0.2, 0.25) is 0 Å². The third-order valence-corrected chi connectivity index (χ3v) is 1.29. The van der Waals surface area contributed by atoms with E-state index in [1.54, 1.807) is 0 Å². The molecule has 0 atom stereocenters. The maximum Gasteiger partial charge on any atom is 3.00 e. The van der Waals surface area contributed by atoms with Gasteiger partial charge in [0.1, 0.15) is 0 Å². The molecular formula is C8H16CeO2+3. The quantitative estimate of drug-likeness (QED) is 0.571. The van der Waals surface area contributed by atoms with Gasteiger partial charge >= 0.3 is 47.7 Å². The van der Waals surface area contributed by atoms with Gasteiger partial charge in [-0.25, -0.2) is 0 Å². The minimum absolute atomic E-state index is 0. The first kappa shape index (κ1) is 14.4. The second-order valence-corrected chi connectivity index (χ2v) is 2.26. The molecule has 0 aliphatic heterocycles. The van der Waals surface area contributed by atoms with Crippen LogP contribution in [0.25, 0.3) is 0 Å². The third kappa shape index (κ3) is 10.8. The Hall–Kier alpha value is 0.847. The predicted molar refractivity (Wildman–Crippen MR) is 40.8 cm³/mol.